The van der Waals surface area contributed by atoms with Crippen molar-refractivity contribution in [3.8, 4) is 0 Å². The lowest BCUT2D eigenvalue weighted by molar-refractivity contribution is 0.0968. The van der Waals surface area contributed by atoms with Crippen molar-refractivity contribution in [2.45, 2.75) is 49.4 Å². The van der Waals surface area contributed by atoms with E-state index < -0.39 is 10.0 Å². The van der Waals surface area contributed by atoms with Gasteiger partial charge in [0.1, 0.15) is 0 Å². The molecule has 2 unspecified atom stereocenters. The second-order valence-corrected chi connectivity index (χ2v) is 7.71. The summed E-state index contributed by atoms with van der Waals surface area (Å²) < 4.78 is 32.7. The van der Waals surface area contributed by atoms with Crippen LogP contribution in [0.5, 0.6) is 0 Å². The van der Waals surface area contributed by atoms with Gasteiger partial charge in [0.15, 0.2) is 0 Å². The van der Waals surface area contributed by atoms with Crippen LogP contribution in [0.4, 0.5) is 0 Å². The second-order valence-electron chi connectivity index (χ2n) is 5.59. The first-order chi connectivity index (χ1) is 8.69. The maximum Gasteiger partial charge on any atom is 0.219 e. The number of hydrogen-bond acceptors (Lipinski definition) is 4. The van der Waals surface area contributed by atoms with E-state index in [4.69, 9.17) is 4.74 Å². The second kappa shape index (κ2) is 5.07. The average molecular weight is 274 g/mol. The van der Waals surface area contributed by atoms with Crippen molar-refractivity contribution < 1.29 is 13.2 Å². The zero-order valence-electron chi connectivity index (χ0n) is 10.7. The van der Waals surface area contributed by atoms with Gasteiger partial charge in [-0.15, -0.1) is 0 Å². The first-order valence-electron chi connectivity index (χ1n) is 7.00. The van der Waals surface area contributed by atoms with E-state index in [2.05, 4.69) is 5.32 Å². The van der Waals surface area contributed by atoms with E-state index in [0.717, 1.165) is 45.2 Å². The lowest BCUT2D eigenvalue weighted by Gasteiger charge is -2.33. The van der Waals surface area contributed by atoms with Crippen LogP contribution in [-0.2, 0) is 14.8 Å². The zero-order valence-corrected chi connectivity index (χ0v) is 11.5. The monoisotopic (exact) mass is 274 g/mol. The fourth-order valence-electron chi connectivity index (χ4n) is 3.02. The Labute approximate surface area is 109 Å². The van der Waals surface area contributed by atoms with E-state index in [0.29, 0.717) is 13.2 Å². The van der Waals surface area contributed by atoms with Gasteiger partial charge in [0.2, 0.25) is 10.0 Å². The van der Waals surface area contributed by atoms with Crippen molar-refractivity contribution >= 4 is 10.0 Å². The minimum atomic E-state index is -3.18. The van der Waals surface area contributed by atoms with Gasteiger partial charge in [0.05, 0.1) is 11.9 Å². The van der Waals surface area contributed by atoms with Crippen molar-refractivity contribution in [2.75, 3.05) is 26.3 Å². The molecular formula is C12H22N2O3S. The van der Waals surface area contributed by atoms with Crippen LogP contribution in [0.25, 0.3) is 0 Å². The van der Waals surface area contributed by atoms with E-state index in [1.165, 1.54) is 0 Å². The third-order valence-corrected chi connectivity index (χ3v) is 6.53. The Morgan fingerprint density at radius 3 is 2.50 bits per heavy atom. The van der Waals surface area contributed by atoms with Crippen LogP contribution in [0.1, 0.15) is 32.1 Å². The van der Waals surface area contributed by atoms with Crippen LogP contribution in [0.15, 0.2) is 0 Å². The number of nitrogens with zero attached hydrogens (tertiary/aromatic N) is 1. The Balaban J connectivity index is 1.79. The largest absolute Gasteiger partial charge is 0.380 e. The van der Waals surface area contributed by atoms with Gasteiger partial charge in [-0.1, -0.05) is 0 Å². The number of rotatable bonds is 4. The molecule has 6 heteroatoms. The molecule has 0 aromatic carbocycles. The highest BCUT2D eigenvalue weighted by Crippen LogP contribution is 2.35. The predicted octanol–water partition coefficient (Wildman–Crippen LogP) is 0.321. The third kappa shape index (κ3) is 2.43. The molecular weight excluding hydrogens is 252 g/mol. The third-order valence-electron chi connectivity index (χ3n) is 4.13. The van der Waals surface area contributed by atoms with Crippen LogP contribution < -0.4 is 5.32 Å². The molecule has 3 rings (SSSR count). The van der Waals surface area contributed by atoms with Crippen LogP contribution >= 0.6 is 0 Å². The van der Waals surface area contributed by atoms with Crippen molar-refractivity contribution in [1.82, 2.24) is 9.62 Å². The van der Waals surface area contributed by atoms with E-state index in [-0.39, 0.29) is 17.3 Å². The number of ether oxygens (including phenoxy) is 1. The molecule has 2 aliphatic heterocycles. The molecule has 1 aliphatic carbocycles. The van der Waals surface area contributed by atoms with Gasteiger partial charge in [0.25, 0.3) is 0 Å². The summed E-state index contributed by atoms with van der Waals surface area (Å²) >= 11 is 0. The molecule has 3 aliphatic rings. The molecule has 0 radical (unpaired) electrons. The Morgan fingerprint density at radius 2 is 1.94 bits per heavy atom. The standard InChI is InChI=1S/C12H22N2O3S/c15-18(16,12-2-1-7-17-9-12)14(10-3-4-10)11-5-6-13-8-11/h10-13H,1-9H2. The van der Waals surface area contributed by atoms with Crippen molar-refractivity contribution in [1.29, 1.82) is 0 Å². The summed E-state index contributed by atoms with van der Waals surface area (Å²) in [4.78, 5) is 0. The van der Waals surface area contributed by atoms with Crippen LogP contribution in [0.2, 0.25) is 0 Å². The van der Waals surface area contributed by atoms with Gasteiger partial charge in [0, 0.05) is 25.2 Å². The van der Waals surface area contributed by atoms with Gasteiger partial charge in [-0.2, -0.15) is 4.31 Å². The summed E-state index contributed by atoms with van der Waals surface area (Å²) in [6.45, 7) is 2.83. The molecule has 104 valence electrons. The van der Waals surface area contributed by atoms with Gasteiger partial charge < -0.3 is 10.1 Å². The maximum atomic E-state index is 12.8. The SMILES string of the molecule is O=S(=O)(C1CCCOC1)N(C1CC1)C1CCNC1. The Hall–Kier alpha value is -0.170. The highest BCUT2D eigenvalue weighted by molar-refractivity contribution is 7.89. The molecule has 2 heterocycles. The lowest BCUT2D eigenvalue weighted by atomic mass is 10.2. The number of sulfonamides is 1. The topological polar surface area (TPSA) is 58.6 Å². The first kappa shape index (κ1) is 12.8. The average Bonchev–Trinajstić information content (AvgIpc) is 3.05. The minimum absolute atomic E-state index is 0.171. The molecule has 0 amide bonds. The number of hydrogen-bond donors (Lipinski definition) is 1. The molecule has 1 saturated carbocycles. The molecule has 0 spiro atoms. The molecule has 0 bridgehead atoms. The summed E-state index contributed by atoms with van der Waals surface area (Å²) in [5, 5.41) is 2.96. The quantitative estimate of drug-likeness (QED) is 0.802. The van der Waals surface area contributed by atoms with E-state index >= 15 is 0 Å². The normalized spacial score (nSPS) is 34.1. The van der Waals surface area contributed by atoms with Gasteiger partial charge in [-0.25, -0.2) is 8.42 Å². The minimum Gasteiger partial charge on any atom is -0.380 e. The van der Waals surface area contributed by atoms with Crippen LogP contribution in [0, 0.1) is 0 Å². The van der Waals surface area contributed by atoms with Crippen molar-refractivity contribution in [2.24, 2.45) is 0 Å². The molecule has 2 atom stereocenters. The molecule has 0 aromatic heterocycles. The Bertz CT molecular complexity index is 382. The van der Waals surface area contributed by atoms with Crippen molar-refractivity contribution in [3.63, 3.8) is 0 Å². The predicted molar refractivity (Wildman–Crippen MR) is 68.9 cm³/mol. The van der Waals surface area contributed by atoms with E-state index in [9.17, 15) is 8.42 Å². The van der Waals surface area contributed by atoms with E-state index in [1.807, 2.05) is 4.31 Å². The summed E-state index contributed by atoms with van der Waals surface area (Å²) in [7, 11) is -3.18. The van der Waals surface area contributed by atoms with Gasteiger partial charge in [-0.3, -0.25) is 0 Å². The maximum absolute atomic E-state index is 12.8. The Morgan fingerprint density at radius 1 is 1.11 bits per heavy atom. The molecule has 0 aromatic rings. The van der Waals surface area contributed by atoms with Gasteiger partial charge >= 0.3 is 0 Å². The summed E-state index contributed by atoms with van der Waals surface area (Å²) in [5.74, 6) is 0. The molecule has 18 heavy (non-hydrogen) atoms. The molecule has 3 fully saturated rings. The zero-order chi connectivity index (χ0) is 12.6. The van der Waals surface area contributed by atoms with Crippen LogP contribution in [0.3, 0.4) is 0 Å². The highest BCUT2D eigenvalue weighted by Gasteiger charge is 2.45. The lowest BCUT2D eigenvalue weighted by Crippen LogP contribution is -2.49. The summed E-state index contributed by atoms with van der Waals surface area (Å²) in [6.07, 6.45) is 4.63. The fraction of sp³-hybridized carbons (Fsp3) is 1.00. The highest BCUT2D eigenvalue weighted by atomic mass is 32.2. The van der Waals surface area contributed by atoms with Crippen molar-refractivity contribution in [3.05, 3.63) is 0 Å². The van der Waals surface area contributed by atoms with E-state index in [1.54, 1.807) is 0 Å². The number of nitrogens with one attached hydrogen (secondary N) is 1. The molecule has 1 N–H and O–H groups in total. The molecule has 2 saturated heterocycles. The smallest absolute Gasteiger partial charge is 0.219 e. The Kier molecular flexibility index (Phi) is 3.62. The first-order valence-corrected chi connectivity index (χ1v) is 8.51. The molecule has 5 nitrogen and oxygen atoms in total. The summed E-state index contributed by atoms with van der Waals surface area (Å²) in [6, 6.07) is 0.436. The fourth-order valence-corrected chi connectivity index (χ4v) is 5.32. The summed E-state index contributed by atoms with van der Waals surface area (Å²) in [5.41, 5.74) is 0. The van der Waals surface area contributed by atoms with Gasteiger partial charge in [-0.05, 0) is 38.6 Å². The van der Waals surface area contributed by atoms with Crippen LogP contribution in [-0.4, -0.2) is 56.4 Å².